The van der Waals surface area contributed by atoms with Crippen molar-refractivity contribution in [2.45, 2.75) is 32.9 Å². The summed E-state index contributed by atoms with van der Waals surface area (Å²) in [6, 6.07) is 0.389. The van der Waals surface area contributed by atoms with Crippen LogP contribution < -0.4 is 5.32 Å². The van der Waals surface area contributed by atoms with Gasteiger partial charge in [-0.05, 0) is 26.1 Å². The summed E-state index contributed by atoms with van der Waals surface area (Å²) in [5, 5.41) is 4.13. The van der Waals surface area contributed by atoms with Crippen molar-refractivity contribution in [1.29, 1.82) is 0 Å². The fourth-order valence-corrected chi connectivity index (χ4v) is 2.32. The van der Waals surface area contributed by atoms with Gasteiger partial charge < -0.3 is 14.8 Å². The quantitative estimate of drug-likeness (QED) is 0.742. The molecule has 4 nitrogen and oxygen atoms in total. The first-order valence-electron chi connectivity index (χ1n) is 5.62. The van der Waals surface area contributed by atoms with Crippen molar-refractivity contribution < 1.29 is 0 Å². The van der Waals surface area contributed by atoms with Gasteiger partial charge in [0.15, 0.2) is 5.11 Å². The maximum Gasteiger partial charge on any atom is 0.169 e. The van der Waals surface area contributed by atoms with Gasteiger partial charge in [-0.1, -0.05) is 0 Å². The monoisotopic (exact) mass is 238 g/mol. The molecule has 5 heteroatoms. The normalized spacial score (nSPS) is 15.1. The van der Waals surface area contributed by atoms with E-state index in [0.717, 1.165) is 24.6 Å². The molecule has 0 saturated heterocycles. The highest BCUT2D eigenvalue weighted by Crippen LogP contribution is 2.16. The van der Waals surface area contributed by atoms with Crippen LogP contribution in [0.15, 0.2) is 6.33 Å². The van der Waals surface area contributed by atoms with Crippen molar-refractivity contribution in [3.05, 3.63) is 17.7 Å². The molecule has 1 aromatic heterocycles. The Morgan fingerprint density at radius 1 is 1.56 bits per heavy atom. The zero-order valence-electron chi connectivity index (χ0n) is 10.0. The number of aromatic nitrogens is 2. The largest absolute Gasteiger partial charge is 0.360 e. The van der Waals surface area contributed by atoms with Crippen molar-refractivity contribution in [2.75, 3.05) is 6.54 Å². The highest BCUT2D eigenvalue weighted by molar-refractivity contribution is 7.80. The molecule has 2 rings (SSSR count). The summed E-state index contributed by atoms with van der Waals surface area (Å²) in [5.41, 5.74) is 2.49. The third-order valence-corrected chi connectivity index (χ3v) is 3.18. The summed E-state index contributed by atoms with van der Waals surface area (Å²) in [6.45, 7) is 6.03. The van der Waals surface area contributed by atoms with Crippen molar-refractivity contribution in [1.82, 2.24) is 19.8 Å². The van der Waals surface area contributed by atoms with E-state index in [-0.39, 0.29) is 0 Å². The minimum absolute atomic E-state index is 0.389. The maximum absolute atomic E-state index is 5.38. The highest BCUT2D eigenvalue weighted by Gasteiger charge is 2.21. The van der Waals surface area contributed by atoms with Crippen molar-refractivity contribution in [3.8, 4) is 0 Å². The van der Waals surface area contributed by atoms with E-state index in [1.165, 1.54) is 11.4 Å². The Bertz CT molecular complexity index is 397. The Hall–Kier alpha value is -1.10. The number of imidazole rings is 1. The number of nitrogens with one attached hydrogen (secondary N) is 1. The van der Waals surface area contributed by atoms with E-state index in [1.807, 2.05) is 13.4 Å². The fraction of sp³-hybridized carbons (Fsp3) is 0.636. The molecular formula is C11H18N4S. The van der Waals surface area contributed by atoms with E-state index < -0.39 is 0 Å². The third-order valence-electron chi connectivity index (χ3n) is 2.80. The second kappa shape index (κ2) is 4.41. The first-order valence-corrected chi connectivity index (χ1v) is 6.03. The molecular weight excluding hydrogens is 220 g/mol. The Morgan fingerprint density at radius 3 is 3.00 bits per heavy atom. The molecule has 0 radical (unpaired) electrons. The van der Waals surface area contributed by atoms with Crippen molar-refractivity contribution in [3.63, 3.8) is 0 Å². The topological polar surface area (TPSA) is 33.1 Å². The van der Waals surface area contributed by atoms with E-state index in [9.17, 15) is 0 Å². The maximum atomic E-state index is 5.38. The predicted molar refractivity (Wildman–Crippen MR) is 68.2 cm³/mol. The Labute approximate surface area is 102 Å². The number of fused-ring (bicyclic) bond motifs is 1. The van der Waals surface area contributed by atoms with E-state index in [4.69, 9.17) is 12.2 Å². The summed E-state index contributed by atoms with van der Waals surface area (Å²) >= 11 is 5.38. The lowest BCUT2D eigenvalue weighted by Crippen LogP contribution is -2.45. The van der Waals surface area contributed by atoms with Gasteiger partial charge in [-0.2, -0.15) is 0 Å². The van der Waals surface area contributed by atoms with Crippen LogP contribution in [0, 0.1) is 0 Å². The molecule has 2 heterocycles. The molecule has 0 aliphatic carbocycles. The average Bonchev–Trinajstić information content (AvgIpc) is 2.59. The second-order valence-electron chi connectivity index (χ2n) is 4.52. The summed E-state index contributed by atoms with van der Waals surface area (Å²) in [6.07, 6.45) is 2.86. The van der Waals surface area contributed by atoms with Crippen LogP contribution in [0.25, 0.3) is 0 Å². The zero-order valence-corrected chi connectivity index (χ0v) is 10.8. The summed E-state index contributed by atoms with van der Waals surface area (Å²) in [4.78, 5) is 6.59. The Morgan fingerprint density at radius 2 is 2.31 bits per heavy atom. The second-order valence-corrected chi connectivity index (χ2v) is 4.91. The molecule has 0 bridgehead atoms. The average molecular weight is 238 g/mol. The molecule has 16 heavy (non-hydrogen) atoms. The van der Waals surface area contributed by atoms with Gasteiger partial charge in [-0.25, -0.2) is 4.98 Å². The van der Waals surface area contributed by atoms with Gasteiger partial charge >= 0.3 is 0 Å². The first kappa shape index (κ1) is 11.4. The van der Waals surface area contributed by atoms with Crippen molar-refractivity contribution >= 4 is 17.3 Å². The molecule has 0 atom stereocenters. The van der Waals surface area contributed by atoms with Crippen LogP contribution in [0.2, 0.25) is 0 Å². The van der Waals surface area contributed by atoms with E-state index in [0.29, 0.717) is 6.04 Å². The number of nitrogens with zero attached hydrogens (tertiary/aromatic N) is 3. The molecule has 0 fully saturated rings. The van der Waals surface area contributed by atoms with E-state index in [1.54, 1.807) is 0 Å². The Kier molecular flexibility index (Phi) is 3.14. The van der Waals surface area contributed by atoms with Gasteiger partial charge in [0.1, 0.15) is 0 Å². The molecule has 0 unspecified atom stereocenters. The lowest BCUT2D eigenvalue weighted by atomic mass is 10.1. The minimum atomic E-state index is 0.389. The molecule has 1 aromatic rings. The molecule has 0 aromatic carbocycles. The van der Waals surface area contributed by atoms with Crippen LogP contribution in [-0.4, -0.2) is 32.2 Å². The van der Waals surface area contributed by atoms with Crippen molar-refractivity contribution in [2.24, 2.45) is 7.05 Å². The summed E-state index contributed by atoms with van der Waals surface area (Å²) in [7, 11) is 2.04. The van der Waals surface area contributed by atoms with Gasteiger partial charge in [0.2, 0.25) is 0 Å². The number of thiocarbonyl (C=S) groups is 1. The molecule has 0 saturated carbocycles. The first-order chi connectivity index (χ1) is 7.58. The fourth-order valence-electron chi connectivity index (χ4n) is 1.93. The number of hydrogen-bond donors (Lipinski definition) is 1. The molecule has 88 valence electrons. The summed E-state index contributed by atoms with van der Waals surface area (Å²) in [5.74, 6) is 0. The van der Waals surface area contributed by atoms with Gasteiger partial charge in [0.25, 0.3) is 0 Å². The van der Waals surface area contributed by atoms with E-state index >= 15 is 0 Å². The predicted octanol–water partition coefficient (Wildman–Crippen LogP) is 1.06. The molecule has 0 amide bonds. The molecule has 1 N–H and O–H groups in total. The number of hydrogen-bond acceptors (Lipinski definition) is 2. The molecule has 1 aliphatic heterocycles. The van der Waals surface area contributed by atoms with E-state index in [2.05, 4.69) is 33.6 Å². The zero-order chi connectivity index (χ0) is 11.7. The van der Waals surface area contributed by atoms with Gasteiger partial charge in [0.05, 0.1) is 24.3 Å². The SMILES string of the molecule is CC(C)NC(=S)N1CCc2ncn(C)c2C1. The van der Waals surface area contributed by atoms with Crippen LogP contribution in [0.5, 0.6) is 0 Å². The third kappa shape index (κ3) is 2.19. The van der Waals surface area contributed by atoms with Gasteiger partial charge in [0, 0.05) is 26.1 Å². The highest BCUT2D eigenvalue weighted by atomic mass is 32.1. The molecule has 0 spiro atoms. The molecule has 1 aliphatic rings. The van der Waals surface area contributed by atoms with Gasteiger partial charge in [-0.3, -0.25) is 0 Å². The minimum Gasteiger partial charge on any atom is -0.360 e. The summed E-state index contributed by atoms with van der Waals surface area (Å²) < 4.78 is 2.08. The Balaban J connectivity index is 2.07. The van der Waals surface area contributed by atoms with Crippen LogP contribution >= 0.6 is 12.2 Å². The smallest absolute Gasteiger partial charge is 0.169 e. The van der Waals surface area contributed by atoms with Crippen LogP contribution in [-0.2, 0) is 20.0 Å². The number of aryl methyl sites for hydroxylation is 1. The van der Waals surface area contributed by atoms with Crippen LogP contribution in [0.1, 0.15) is 25.2 Å². The van der Waals surface area contributed by atoms with Gasteiger partial charge in [-0.15, -0.1) is 0 Å². The lowest BCUT2D eigenvalue weighted by molar-refractivity contribution is 0.371. The van der Waals surface area contributed by atoms with Crippen LogP contribution in [0.3, 0.4) is 0 Å². The number of rotatable bonds is 1. The van der Waals surface area contributed by atoms with Crippen LogP contribution in [0.4, 0.5) is 0 Å². The standard InChI is InChI=1S/C11H18N4S/c1-8(2)13-11(16)15-5-4-9-10(6-15)14(3)7-12-9/h7-8H,4-6H2,1-3H3,(H,13,16). The lowest BCUT2D eigenvalue weighted by Gasteiger charge is -2.30.